The normalized spacial score (nSPS) is 23.6. The van der Waals surface area contributed by atoms with Crippen LogP contribution in [0.15, 0.2) is 53.5 Å². The molecule has 1 aliphatic carbocycles. The maximum atomic E-state index is 13.3. The third-order valence-electron chi connectivity index (χ3n) is 5.84. The lowest BCUT2D eigenvalue weighted by Crippen LogP contribution is -2.51. The summed E-state index contributed by atoms with van der Waals surface area (Å²) in [6, 6.07) is 14.3. The molecule has 7 heteroatoms. The maximum absolute atomic E-state index is 13.3. The van der Waals surface area contributed by atoms with Crippen molar-refractivity contribution in [2.75, 3.05) is 11.9 Å². The van der Waals surface area contributed by atoms with Crippen molar-refractivity contribution in [3.8, 4) is 0 Å². The van der Waals surface area contributed by atoms with E-state index in [9.17, 15) is 9.59 Å². The summed E-state index contributed by atoms with van der Waals surface area (Å²) in [4.78, 5) is 32.7. The fourth-order valence-electron chi connectivity index (χ4n) is 4.21. The summed E-state index contributed by atoms with van der Waals surface area (Å²) < 4.78 is 0. The van der Waals surface area contributed by atoms with Gasteiger partial charge in [0.1, 0.15) is 17.9 Å². The summed E-state index contributed by atoms with van der Waals surface area (Å²) in [5.41, 5.74) is 1.06. The number of nitrogens with one attached hydrogen (secondary N) is 1. The molecule has 2 aliphatic rings. The van der Waals surface area contributed by atoms with Gasteiger partial charge >= 0.3 is 0 Å². The minimum atomic E-state index is -0.655. The van der Waals surface area contributed by atoms with Gasteiger partial charge in [0.05, 0.1) is 0 Å². The molecular weight excluding hydrogens is 421 g/mol. The molecule has 2 amide bonds. The van der Waals surface area contributed by atoms with E-state index in [4.69, 9.17) is 28.2 Å². The van der Waals surface area contributed by atoms with Crippen LogP contribution < -0.4 is 5.32 Å². The number of rotatable bonds is 4. The number of nitrogens with zero attached hydrogens (tertiary/aromatic N) is 2. The Balaban J connectivity index is 1.59. The first kappa shape index (κ1) is 20.9. The van der Waals surface area contributed by atoms with Crippen molar-refractivity contribution in [3.05, 3.63) is 64.1 Å². The van der Waals surface area contributed by atoms with Gasteiger partial charge in [0.15, 0.2) is 0 Å². The van der Waals surface area contributed by atoms with Gasteiger partial charge in [-0.15, -0.1) is 0 Å². The van der Waals surface area contributed by atoms with Crippen LogP contribution in [0.25, 0.3) is 0 Å². The Morgan fingerprint density at radius 2 is 1.77 bits per heavy atom. The first-order valence-corrected chi connectivity index (χ1v) is 10.9. The first-order valence-electron chi connectivity index (χ1n) is 10.1. The lowest BCUT2D eigenvalue weighted by Gasteiger charge is -2.40. The Bertz CT molecular complexity index is 979. The van der Waals surface area contributed by atoms with Gasteiger partial charge in [-0.1, -0.05) is 60.5 Å². The van der Waals surface area contributed by atoms with Crippen molar-refractivity contribution in [1.29, 1.82) is 0 Å². The van der Waals surface area contributed by atoms with Gasteiger partial charge in [0.2, 0.25) is 5.91 Å². The Labute approximate surface area is 186 Å². The van der Waals surface area contributed by atoms with E-state index >= 15 is 0 Å². The summed E-state index contributed by atoms with van der Waals surface area (Å²) in [5.74, 6) is 0.0882. The highest BCUT2D eigenvalue weighted by Crippen LogP contribution is 2.41. The van der Waals surface area contributed by atoms with Gasteiger partial charge in [-0.05, 0) is 49.8 Å². The molecule has 1 aliphatic heterocycles. The largest absolute Gasteiger partial charge is 0.324 e. The molecule has 156 valence electrons. The van der Waals surface area contributed by atoms with Crippen LogP contribution in [0.4, 0.5) is 5.69 Å². The molecule has 0 radical (unpaired) electrons. The van der Waals surface area contributed by atoms with Crippen molar-refractivity contribution in [2.45, 2.75) is 38.3 Å². The summed E-state index contributed by atoms with van der Waals surface area (Å²) in [5, 5.41) is 3.67. The molecule has 2 aromatic carbocycles. The van der Waals surface area contributed by atoms with Crippen molar-refractivity contribution >= 4 is 46.4 Å². The lowest BCUT2D eigenvalue weighted by molar-refractivity contribution is -0.134. The lowest BCUT2D eigenvalue weighted by atomic mass is 9.82. The Kier molecular flexibility index (Phi) is 5.85. The molecule has 0 saturated heterocycles. The zero-order valence-corrected chi connectivity index (χ0v) is 18.2. The highest BCUT2D eigenvalue weighted by Gasteiger charge is 2.49. The minimum absolute atomic E-state index is 0.0722. The van der Waals surface area contributed by atoms with Crippen LogP contribution in [-0.2, 0) is 9.59 Å². The van der Waals surface area contributed by atoms with E-state index < -0.39 is 5.66 Å². The molecule has 2 aromatic rings. The summed E-state index contributed by atoms with van der Waals surface area (Å²) in [7, 11) is 0. The van der Waals surface area contributed by atoms with Crippen molar-refractivity contribution in [1.82, 2.24) is 4.90 Å². The average molecular weight is 444 g/mol. The van der Waals surface area contributed by atoms with Crippen LogP contribution in [0, 0.1) is 5.92 Å². The van der Waals surface area contributed by atoms with E-state index in [0.29, 0.717) is 27.4 Å². The van der Waals surface area contributed by atoms with E-state index in [2.05, 4.69) is 12.2 Å². The van der Waals surface area contributed by atoms with Gasteiger partial charge in [-0.2, -0.15) is 0 Å². The SMILES string of the molecule is CC1CCC2(CC1)N=C(c1ccccc1)C(=O)N2CC(=O)Nc1cc(Cl)cc(Cl)c1. The fraction of sp³-hybridized carbons (Fsp3) is 0.348. The maximum Gasteiger partial charge on any atom is 0.275 e. The second-order valence-electron chi connectivity index (χ2n) is 8.09. The Morgan fingerprint density at radius 1 is 1.13 bits per heavy atom. The van der Waals surface area contributed by atoms with E-state index in [1.807, 2.05) is 30.3 Å². The molecule has 4 rings (SSSR count). The van der Waals surface area contributed by atoms with Crippen LogP contribution in [0.3, 0.4) is 0 Å². The third-order valence-corrected chi connectivity index (χ3v) is 6.28. The molecule has 1 spiro atoms. The van der Waals surface area contributed by atoms with Crippen LogP contribution in [0.2, 0.25) is 10.0 Å². The molecule has 0 atom stereocenters. The molecule has 1 N–H and O–H groups in total. The van der Waals surface area contributed by atoms with Crippen molar-refractivity contribution in [2.24, 2.45) is 10.9 Å². The molecule has 1 heterocycles. The molecule has 1 fully saturated rings. The Hall–Kier alpha value is -2.37. The van der Waals surface area contributed by atoms with Gasteiger partial charge in [-0.25, -0.2) is 0 Å². The number of anilines is 1. The standard InChI is InChI=1S/C23H23Cl2N3O2/c1-15-7-9-23(10-8-15)27-21(16-5-3-2-4-6-16)22(30)28(23)14-20(29)26-19-12-17(24)11-18(25)13-19/h2-6,11-13,15H,7-10,14H2,1H3,(H,26,29). The molecule has 0 bridgehead atoms. The number of carbonyl (C=O) groups is 2. The van der Waals surface area contributed by atoms with Crippen LogP contribution in [0.1, 0.15) is 38.2 Å². The van der Waals surface area contributed by atoms with Crippen molar-refractivity contribution < 1.29 is 9.59 Å². The molecule has 0 aromatic heterocycles. The monoisotopic (exact) mass is 443 g/mol. The highest BCUT2D eigenvalue weighted by molar-refractivity contribution is 6.47. The topological polar surface area (TPSA) is 61.8 Å². The minimum Gasteiger partial charge on any atom is -0.324 e. The van der Waals surface area contributed by atoms with E-state index in [0.717, 1.165) is 31.2 Å². The highest BCUT2D eigenvalue weighted by atomic mass is 35.5. The number of hydrogen-bond donors (Lipinski definition) is 1. The van der Waals surface area contributed by atoms with E-state index in [1.54, 1.807) is 23.1 Å². The number of amides is 2. The number of aliphatic imine (C=N–C) groups is 1. The van der Waals surface area contributed by atoms with Gasteiger partial charge in [0, 0.05) is 21.3 Å². The summed E-state index contributed by atoms with van der Waals surface area (Å²) in [6.45, 7) is 2.14. The number of benzene rings is 2. The molecule has 1 saturated carbocycles. The fourth-order valence-corrected chi connectivity index (χ4v) is 4.74. The number of hydrogen-bond acceptors (Lipinski definition) is 3. The van der Waals surface area contributed by atoms with Crippen molar-refractivity contribution in [3.63, 3.8) is 0 Å². The quantitative estimate of drug-likeness (QED) is 0.707. The summed E-state index contributed by atoms with van der Waals surface area (Å²) >= 11 is 12.1. The summed E-state index contributed by atoms with van der Waals surface area (Å²) in [6.07, 6.45) is 3.46. The zero-order valence-electron chi connectivity index (χ0n) is 16.7. The van der Waals surface area contributed by atoms with Crippen LogP contribution >= 0.6 is 23.2 Å². The van der Waals surface area contributed by atoms with Gasteiger partial charge < -0.3 is 10.2 Å². The van der Waals surface area contributed by atoms with Crippen LogP contribution in [-0.4, -0.2) is 34.6 Å². The number of carbonyl (C=O) groups excluding carboxylic acids is 2. The smallest absolute Gasteiger partial charge is 0.275 e. The van der Waals surface area contributed by atoms with Crippen LogP contribution in [0.5, 0.6) is 0 Å². The van der Waals surface area contributed by atoms with Gasteiger partial charge in [0.25, 0.3) is 5.91 Å². The second-order valence-corrected chi connectivity index (χ2v) is 8.96. The first-order chi connectivity index (χ1) is 14.4. The second kappa shape index (κ2) is 8.40. The molecule has 30 heavy (non-hydrogen) atoms. The zero-order chi connectivity index (χ0) is 21.3. The third kappa shape index (κ3) is 4.23. The van der Waals surface area contributed by atoms with E-state index in [1.165, 1.54) is 0 Å². The molecular formula is C23H23Cl2N3O2. The van der Waals surface area contributed by atoms with Gasteiger partial charge in [-0.3, -0.25) is 14.6 Å². The molecule has 0 unspecified atom stereocenters. The predicted molar refractivity (Wildman–Crippen MR) is 120 cm³/mol. The van der Waals surface area contributed by atoms with E-state index in [-0.39, 0.29) is 18.4 Å². The average Bonchev–Trinajstić information content (AvgIpc) is 2.96. The number of halogens is 2. The Morgan fingerprint density at radius 3 is 2.40 bits per heavy atom. The molecule has 5 nitrogen and oxygen atoms in total. The predicted octanol–water partition coefficient (Wildman–Crippen LogP) is 5.17.